The number of ether oxygens (including phenoxy) is 1. The number of carbonyl (C=O) groups is 1. The number of sulfone groups is 1. The molecule has 0 heterocycles. The molecule has 0 radical (unpaired) electrons. The van der Waals surface area contributed by atoms with E-state index in [2.05, 4.69) is 5.32 Å². The molecule has 29 heavy (non-hydrogen) atoms. The van der Waals surface area contributed by atoms with Gasteiger partial charge in [-0.1, -0.05) is 42.5 Å². The minimum Gasteiger partial charge on any atom is -0.476 e. The molecule has 0 aliphatic carbocycles. The van der Waals surface area contributed by atoms with Crippen LogP contribution in [0, 0.1) is 13.8 Å². The quantitative estimate of drug-likeness (QED) is 0.652. The minimum atomic E-state index is -3.30. The fourth-order valence-electron chi connectivity index (χ4n) is 2.87. The lowest BCUT2D eigenvalue weighted by atomic mass is 10.1. The average molecular weight is 410 g/mol. The van der Waals surface area contributed by atoms with E-state index in [9.17, 15) is 13.2 Å². The molecule has 0 spiro atoms. The van der Waals surface area contributed by atoms with E-state index in [-0.39, 0.29) is 10.8 Å². The predicted octanol–water partition coefficient (Wildman–Crippen LogP) is 4.47. The van der Waals surface area contributed by atoms with Crippen LogP contribution in [0.15, 0.2) is 77.7 Å². The van der Waals surface area contributed by atoms with Crippen LogP contribution in [0.3, 0.4) is 0 Å². The second kappa shape index (κ2) is 8.49. The summed E-state index contributed by atoms with van der Waals surface area (Å²) in [6, 6.07) is 21.1. The summed E-state index contributed by atoms with van der Waals surface area (Å²) >= 11 is 0. The first-order valence-electron chi connectivity index (χ1n) is 9.14. The maximum Gasteiger partial charge on any atom is 0.270 e. The van der Waals surface area contributed by atoms with Crippen LogP contribution < -0.4 is 10.1 Å². The van der Waals surface area contributed by atoms with E-state index in [1.54, 1.807) is 12.1 Å². The van der Waals surface area contributed by atoms with Crippen molar-refractivity contribution in [1.82, 2.24) is 0 Å². The maximum atomic E-state index is 13.1. The van der Waals surface area contributed by atoms with E-state index in [0.717, 1.165) is 23.1 Å². The molecule has 0 aliphatic rings. The third-order valence-electron chi connectivity index (χ3n) is 4.50. The first-order chi connectivity index (χ1) is 13.7. The Balaban J connectivity index is 1.89. The molecule has 5 nitrogen and oxygen atoms in total. The van der Waals surface area contributed by atoms with Crippen LogP contribution in [0.1, 0.15) is 22.8 Å². The van der Waals surface area contributed by atoms with Gasteiger partial charge in [0, 0.05) is 17.5 Å². The van der Waals surface area contributed by atoms with Crippen LogP contribution in [0.4, 0.5) is 5.69 Å². The second-order valence-corrected chi connectivity index (χ2v) is 8.98. The largest absolute Gasteiger partial charge is 0.476 e. The summed E-state index contributed by atoms with van der Waals surface area (Å²) in [5, 5.41) is 2.95. The van der Waals surface area contributed by atoms with Crippen LogP contribution in [0.5, 0.6) is 5.75 Å². The SMILES string of the molecule is Cc1ccc(C)c(NC(=O)C(Oc2ccc(S(C)(=O)=O)cc2)c2ccccc2)c1. The lowest BCUT2D eigenvalue weighted by Gasteiger charge is -2.20. The summed E-state index contributed by atoms with van der Waals surface area (Å²) in [4.78, 5) is 13.3. The summed E-state index contributed by atoms with van der Waals surface area (Å²) in [5.74, 6) is 0.0967. The molecule has 0 saturated heterocycles. The Labute approximate surface area is 171 Å². The highest BCUT2D eigenvalue weighted by Crippen LogP contribution is 2.26. The molecule has 3 aromatic rings. The summed E-state index contributed by atoms with van der Waals surface area (Å²) in [5.41, 5.74) is 3.42. The highest BCUT2D eigenvalue weighted by Gasteiger charge is 2.23. The lowest BCUT2D eigenvalue weighted by molar-refractivity contribution is -0.123. The topological polar surface area (TPSA) is 72.5 Å². The zero-order valence-electron chi connectivity index (χ0n) is 16.5. The summed E-state index contributed by atoms with van der Waals surface area (Å²) in [6.45, 7) is 3.89. The van der Waals surface area contributed by atoms with Crippen LogP contribution in [0.2, 0.25) is 0 Å². The summed E-state index contributed by atoms with van der Waals surface area (Å²) < 4.78 is 29.3. The molecule has 6 heteroatoms. The van der Waals surface area contributed by atoms with Crippen LogP contribution in [-0.4, -0.2) is 20.6 Å². The number of anilines is 1. The number of benzene rings is 3. The van der Waals surface area contributed by atoms with Crippen molar-refractivity contribution in [2.45, 2.75) is 24.8 Å². The van der Waals surface area contributed by atoms with Crippen molar-refractivity contribution in [3.05, 3.63) is 89.5 Å². The van der Waals surface area contributed by atoms with Gasteiger partial charge in [0.25, 0.3) is 5.91 Å². The van der Waals surface area contributed by atoms with Crippen molar-refractivity contribution in [2.75, 3.05) is 11.6 Å². The van der Waals surface area contributed by atoms with Crippen molar-refractivity contribution >= 4 is 21.4 Å². The highest BCUT2D eigenvalue weighted by molar-refractivity contribution is 7.90. The van der Waals surface area contributed by atoms with Gasteiger partial charge in [0.15, 0.2) is 9.84 Å². The van der Waals surface area contributed by atoms with E-state index < -0.39 is 15.9 Å². The maximum absolute atomic E-state index is 13.1. The van der Waals surface area contributed by atoms with Gasteiger partial charge in [-0.05, 0) is 55.3 Å². The Hall–Kier alpha value is -3.12. The molecule has 0 fully saturated rings. The Bertz CT molecular complexity index is 1110. The first-order valence-corrected chi connectivity index (χ1v) is 11.0. The van der Waals surface area contributed by atoms with Gasteiger partial charge in [-0.15, -0.1) is 0 Å². The standard InChI is InChI=1S/C23H23NO4S/c1-16-9-10-17(2)21(15-16)24-23(25)22(18-7-5-4-6-8-18)28-19-11-13-20(14-12-19)29(3,26)27/h4-15,22H,1-3H3,(H,24,25). The third kappa shape index (κ3) is 5.23. The molecule has 3 rings (SSSR count). The van der Waals surface area contributed by atoms with Gasteiger partial charge in [-0.2, -0.15) is 0 Å². The molecule has 150 valence electrons. The minimum absolute atomic E-state index is 0.195. The first kappa shape index (κ1) is 20.6. The monoisotopic (exact) mass is 409 g/mol. The van der Waals surface area contributed by atoms with E-state index >= 15 is 0 Å². The Kier molecular flexibility index (Phi) is 6.03. The van der Waals surface area contributed by atoms with E-state index in [4.69, 9.17) is 4.74 Å². The van der Waals surface area contributed by atoms with Crippen molar-refractivity contribution in [1.29, 1.82) is 0 Å². The summed E-state index contributed by atoms with van der Waals surface area (Å²) in [6.07, 6.45) is 0.257. The van der Waals surface area contributed by atoms with Gasteiger partial charge in [0.05, 0.1) is 4.90 Å². The van der Waals surface area contributed by atoms with Crippen LogP contribution in [0.25, 0.3) is 0 Å². The Morgan fingerprint density at radius 2 is 1.59 bits per heavy atom. The van der Waals surface area contributed by atoms with Gasteiger partial charge in [0.2, 0.25) is 6.10 Å². The molecule has 1 amide bonds. The van der Waals surface area contributed by atoms with E-state index in [1.807, 2.05) is 62.4 Å². The Morgan fingerprint density at radius 3 is 2.21 bits per heavy atom. The molecule has 0 aliphatic heterocycles. The highest BCUT2D eigenvalue weighted by atomic mass is 32.2. The van der Waals surface area contributed by atoms with E-state index in [0.29, 0.717) is 11.3 Å². The molecule has 0 saturated carbocycles. The smallest absolute Gasteiger partial charge is 0.270 e. The van der Waals surface area contributed by atoms with Crippen molar-refractivity contribution in [3.8, 4) is 5.75 Å². The molecule has 0 bridgehead atoms. The molecule has 1 atom stereocenters. The summed E-state index contributed by atoms with van der Waals surface area (Å²) in [7, 11) is -3.30. The molecule has 1 N–H and O–H groups in total. The zero-order chi connectivity index (χ0) is 21.0. The van der Waals surface area contributed by atoms with Gasteiger partial charge in [-0.3, -0.25) is 4.79 Å². The lowest BCUT2D eigenvalue weighted by Crippen LogP contribution is -2.26. The molecule has 3 aromatic carbocycles. The molecular formula is C23H23NO4S. The molecule has 0 aromatic heterocycles. The number of hydrogen-bond donors (Lipinski definition) is 1. The van der Waals surface area contributed by atoms with Crippen molar-refractivity contribution < 1.29 is 17.9 Å². The van der Waals surface area contributed by atoms with Gasteiger partial charge >= 0.3 is 0 Å². The number of nitrogens with one attached hydrogen (secondary N) is 1. The average Bonchev–Trinajstić information content (AvgIpc) is 2.69. The van der Waals surface area contributed by atoms with Gasteiger partial charge < -0.3 is 10.1 Å². The van der Waals surface area contributed by atoms with Gasteiger partial charge in [-0.25, -0.2) is 8.42 Å². The second-order valence-electron chi connectivity index (χ2n) is 6.96. The number of amides is 1. The number of rotatable bonds is 6. The fraction of sp³-hybridized carbons (Fsp3) is 0.174. The number of aryl methyl sites for hydroxylation is 2. The van der Waals surface area contributed by atoms with Crippen LogP contribution in [-0.2, 0) is 14.6 Å². The van der Waals surface area contributed by atoms with Crippen molar-refractivity contribution in [2.24, 2.45) is 0 Å². The zero-order valence-corrected chi connectivity index (χ0v) is 17.4. The Morgan fingerprint density at radius 1 is 0.931 bits per heavy atom. The van der Waals surface area contributed by atoms with Crippen LogP contribution >= 0.6 is 0 Å². The molecule has 1 unspecified atom stereocenters. The number of carbonyl (C=O) groups excluding carboxylic acids is 1. The normalized spacial score (nSPS) is 12.2. The molecular weight excluding hydrogens is 386 g/mol. The third-order valence-corrected chi connectivity index (χ3v) is 5.63. The van der Waals surface area contributed by atoms with Gasteiger partial charge in [0.1, 0.15) is 5.75 Å². The predicted molar refractivity (Wildman–Crippen MR) is 114 cm³/mol. The van der Waals surface area contributed by atoms with E-state index in [1.165, 1.54) is 12.1 Å². The van der Waals surface area contributed by atoms with Crippen molar-refractivity contribution in [3.63, 3.8) is 0 Å². The number of hydrogen-bond acceptors (Lipinski definition) is 4. The fourth-order valence-corrected chi connectivity index (χ4v) is 3.50.